The molecule has 1 heterocycles. The number of carbonyl (C=O) groups excluding carboxylic acids is 1. The molecule has 3 aromatic rings. The molecule has 0 saturated heterocycles. The Morgan fingerprint density at radius 1 is 1.12 bits per heavy atom. The molecule has 0 aliphatic heterocycles. The van der Waals surface area contributed by atoms with Gasteiger partial charge in [-0.15, -0.1) is 10.2 Å². The summed E-state index contributed by atoms with van der Waals surface area (Å²) in [5, 5.41) is 22.8. The molecule has 128 valence electrons. The maximum Gasteiger partial charge on any atom is 0.250 e. The van der Waals surface area contributed by atoms with Crippen molar-refractivity contribution in [2.75, 3.05) is 17.2 Å². The van der Waals surface area contributed by atoms with Crippen LogP contribution >= 0.6 is 0 Å². The number of amides is 1. The van der Waals surface area contributed by atoms with Gasteiger partial charge in [0.25, 0.3) is 0 Å². The number of nitrogens with zero attached hydrogens (tertiary/aromatic N) is 2. The van der Waals surface area contributed by atoms with Crippen LogP contribution in [-0.4, -0.2) is 27.8 Å². The van der Waals surface area contributed by atoms with E-state index in [1.807, 2.05) is 43.3 Å². The van der Waals surface area contributed by atoms with Crippen LogP contribution in [0, 0.1) is 0 Å². The normalized spacial score (nSPS) is 11.8. The van der Waals surface area contributed by atoms with Crippen molar-refractivity contribution in [2.24, 2.45) is 0 Å². The van der Waals surface area contributed by atoms with E-state index in [9.17, 15) is 4.79 Å². The van der Waals surface area contributed by atoms with E-state index < -0.39 is 12.5 Å². The van der Waals surface area contributed by atoms with Crippen molar-refractivity contribution in [3.63, 3.8) is 0 Å². The van der Waals surface area contributed by atoms with E-state index in [4.69, 9.17) is 9.52 Å². The van der Waals surface area contributed by atoms with Gasteiger partial charge in [0.05, 0.1) is 0 Å². The second-order valence-corrected chi connectivity index (χ2v) is 5.46. The van der Waals surface area contributed by atoms with Crippen LogP contribution in [0.15, 0.2) is 59.0 Å². The first-order valence-electron chi connectivity index (χ1n) is 7.82. The second-order valence-electron chi connectivity index (χ2n) is 5.46. The van der Waals surface area contributed by atoms with Crippen molar-refractivity contribution >= 4 is 17.3 Å². The van der Waals surface area contributed by atoms with Crippen LogP contribution in [0.3, 0.4) is 0 Å². The molecule has 0 radical (unpaired) electrons. The molecule has 1 amide bonds. The van der Waals surface area contributed by atoms with Gasteiger partial charge >= 0.3 is 0 Å². The molecule has 1 aromatic heterocycles. The zero-order valence-corrected chi connectivity index (χ0v) is 13.6. The Kier molecular flexibility index (Phi) is 5.06. The van der Waals surface area contributed by atoms with Gasteiger partial charge in [-0.1, -0.05) is 24.3 Å². The Morgan fingerprint density at radius 3 is 2.64 bits per heavy atom. The zero-order chi connectivity index (χ0) is 17.6. The first kappa shape index (κ1) is 16.7. The summed E-state index contributed by atoms with van der Waals surface area (Å²) in [6.07, 6.45) is 0. The number of hydrogen-bond donors (Lipinski definition) is 3. The summed E-state index contributed by atoms with van der Waals surface area (Å²) in [6.45, 7) is 1.35. The first-order valence-corrected chi connectivity index (χ1v) is 7.82. The highest BCUT2D eigenvalue weighted by molar-refractivity contribution is 5.91. The predicted molar refractivity (Wildman–Crippen MR) is 93.9 cm³/mol. The third-order valence-electron chi connectivity index (χ3n) is 3.50. The molecular formula is C18H18N4O3. The van der Waals surface area contributed by atoms with Gasteiger partial charge in [-0.3, -0.25) is 4.79 Å². The minimum absolute atomic E-state index is 0.214. The second kappa shape index (κ2) is 7.59. The van der Waals surface area contributed by atoms with E-state index in [2.05, 4.69) is 20.8 Å². The molecule has 0 aliphatic carbocycles. The molecule has 1 unspecified atom stereocenters. The molecule has 7 heteroatoms. The molecule has 3 rings (SSSR count). The number of aliphatic hydroxyl groups is 1. The predicted octanol–water partition coefficient (Wildman–Crippen LogP) is 2.84. The van der Waals surface area contributed by atoms with Crippen molar-refractivity contribution in [3.8, 4) is 11.5 Å². The van der Waals surface area contributed by atoms with E-state index >= 15 is 0 Å². The average molecular weight is 338 g/mol. The molecular weight excluding hydrogens is 320 g/mol. The van der Waals surface area contributed by atoms with Crippen LogP contribution in [0.25, 0.3) is 11.5 Å². The fraction of sp³-hybridized carbons (Fsp3) is 0.167. The van der Waals surface area contributed by atoms with Crippen molar-refractivity contribution in [2.45, 2.75) is 13.0 Å². The Labute approximate surface area is 144 Å². The minimum atomic E-state index is -0.557. The third-order valence-corrected chi connectivity index (χ3v) is 3.50. The number of carbonyl (C=O) groups is 1. The molecule has 0 saturated carbocycles. The first-order chi connectivity index (χ1) is 12.2. The number of nitrogens with one attached hydrogen (secondary N) is 2. The maximum absolute atomic E-state index is 11.3. The topological polar surface area (TPSA) is 100 Å². The van der Waals surface area contributed by atoms with E-state index in [1.165, 1.54) is 0 Å². The van der Waals surface area contributed by atoms with Crippen LogP contribution in [-0.2, 0) is 4.79 Å². The summed E-state index contributed by atoms with van der Waals surface area (Å²) in [4.78, 5) is 11.3. The molecule has 7 nitrogen and oxygen atoms in total. The molecule has 0 spiro atoms. The summed E-state index contributed by atoms with van der Waals surface area (Å²) in [7, 11) is 0. The summed E-state index contributed by atoms with van der Waals surface area (Å²) < 4.78 is 5.73. The standard InChI is InChI=1S/C18H18N4O3/c1-12(17-21-22-18(25-17)13-6-3-2-4-7-13)19-14-8-5-9-15(10-14)20-16(24)11-23/h2-10,12,19,23H,11H2,1H3,(H,20,24). The summed E-state index contributed by atoms with van der Waals surface area (Å²) in [6, 6.07) is 16.5. The number of anilines is 2. The van der Waals surface area contributed by atoms with Crippen molar-refractivity contribution < 1.29 is 14.3 Å². The lowest BCUT2D eigenvalue weighted by Crippen LogP contribution is -2.15. The van der Waals surface area contributed by atoms with Gasteiger partial charge < -0.3 is 20.2 Å². The SMILES string of the molecule is CC(Nc1cccc(NC(=O)CO)c1)c1nnc(-c2ccccc2)o1. The highest BCUT2D eigenvalue weighted by atomic mass is 16.4. The Bertz CT molecular complexity index is 848. The number of benzene rings is 2. The average Bonchev–Trinajstić information content (AvgIpc) is 3.13. The van der Waals surface area contributed by atoms with E-state index in [0.29, 0.717) is 17.5 Å². The van der Waals surface area contributed by atoms with Crippen molar-refractivity contribution in [3.05, 3.63) is 60.5 Å². The lowest BCUT2D eigenvalue weighted by atomic mass is 10.2. The largest absolute Gasteiger partial charge is 0.418 e. The van der Waals surface area contributed by atoms with Gasteiger partial charge in [-0.25, -0.2) is 0 Å². The number of aliphatic hydroxyl groups excluding tert-OH is 1. The minimum Gasteiger partial charge on any atom is -0.418 e. The van der Waals surface area contributed by atoms with E-state index in [1.54, 1.807) is 18.2 Å². The number of aromatic nitrogens is 2. The molecule has 0 bridgehead atoms. The molecule has 0 aliphatic rings. The summed E-state index contributed by atoms with van der Waals surface area (Å²) >= 11 is 0. The van der Waals surface area contributed by atoms with Gasteiger partial charge in [0.15, 0.2) is 0 Å². The smallest absolute Gasteiger partial charge is 0.250 e. The van der Waals surface area contributed by atoms with Gasteiger partial charge in [-0.05, 0) is 37.3 Å². The number of hydrogen-bond acceptors (Lipinski definition) is 6. The molecule has 25 heavy (non-hydrogen) atoms. The Hall–Kier alpha value is -3.19. The van der Waals surface area contributed by atoms with Crippen LogP contribution in [0.1, 0.15) is 18.9 Å². The maximum atomic E-state index is 11.3. The monoisotopic (exact) mass is 338 g/mol. The fourth-order valence-corrected chi connectivity index (χ4v) is 2.31. The molecule has 0 fully saturated rings. The Balaban J connectivity index is 1.70. The van der Waals surface area contributed by atoms with Crippen molar-refractivity contribution in [1.82, 2.24) is 10.2 Å². The highest BCUT2D eigenvalue weighted by Crippen LogP contribution is 2.24. The highest BCUT2D eigenvalue weighted by Gasteiger charge is 2.15. The van der Waals surface area contributed by atoms with Gasteiger partial charge in [-0.2, -0.15) is 0 Å². The van der Waals surface area contributed by atoms with Gasteiger partial charge in [0.1, 0.15) is 12.6 Å². The quantitative estimate of drug-likeness (QED) is 0.639. The molecule has 1 atom stereocenters. The zero-order valence-electron chi connectivity index (χ0n) is 13.6. The van der Waals surface area contributed by atoms with Crippen molar-refractivity contribution in [1.29, 1.82) is 0 Å². The fourth-order valence-electron chi connectivity index (χ4n) is 2.31. The summed E-state index contributed by atoms with van der Waals surface area (Å²) in [5.74, 6) is 0.464. The molecule has 2 aromatic carbocycles. The van der Waals surface area contributed by atoms with E-state index in [-0.39, 0.29) is 6.04 Å². The lowest BCUT2D eigenvalue weighted by molar-refractivity contribution is -0.118. The van der Waals surface area contributed by atoms with Gasteiger partial charge in [0.2, 0.25) is 17.7 Å². The third kappa shape index (κ3) is 4.21. The van der Waals surface area contributed by atoms with Gasteiger partial charge in [0, 0.05) is 16.9 Å². The van der Waals surface area contributed by atoms with E-state index in [0.717, 1.165) is 11.3 Å². The Morgan fingerprint density at radius 2 is 1.88 bits per heavy atom. The van der Waals surface area contributed by atoms with Crippen LogP contribution in [0.4, 0.5) is 11.4 Å². The number of rotatable bonds is 6. The molecule has 3 N–H and O–H groups in total. The van der Waals surface area contributed by atoms with Crippen LogP contribution < -0.4 is 10.6 Å². The van der Waals surface area contributed by atoms with Crippen LogP contribution in [0.2, 0.25) is 0 Å². The lowest BCUT2D eigenvalue weighted by Gasteiger charge is -2.12. The summed E-state index contributed by atoms with van der Waals surface area (Å²) in [5.41, 5.74) is 2.23. The van der Waals surface area contributed by atoms with Crippen LogP contribution in [0.5, 0.6) is 0 Å².